The van der Waals surface area contributed by atoms with E-state index in [0.29, 0.717) is 6.54 Å². The van der Waals surface area contributed by atoms with Crippen LogP contribution >= 0.6 is 0 Å². The summed E-state index contributed by atoms with van der Waals surface area (Å²) in [6, 6.07) is 9.08. The molecule has 5 nitrogen and oxygen atoms in total. The van der Waals surface area contributed by atoms with Gasteiger partial charge in [-0.2, -0.15) is 0 Å². The Labute approximate surface area is 162 Å². The zero-order valence-corrected chi connectivity index (χ0v) is 16.4. The van der Waals surface area contributed by atoms with Gasteiger partial charge >= 0.3 is 0 Å². The first-order chi connectivity index (χ1) is 13.2. The van der Waals surface area contributed by atoms with Crippen LogP contribution in [0.4, 0.5) is 0 Å². The van der Waals surface area contributed by atoms with Gasteiger partial charge in [-0.3, -0.25) is 14.6 Å². The van der Waals surface area contributed by atoms with Crippen molar-refractivity contribution in [2.24, 2.45) is 0 Å². The Balaban J connectivity index is 1.22. The molecular formula is C22H32N4O. The summed E-state index contributed by atoms with van der Waals surface area (Å²) >= 11 is 0. The fraction of sp³-hybridized carbons (Fsp3) is 0.591. The molecule has 1 atom stereocenters. The number of amides is 1. The monoisotopic (exact) mass is 368 g/mol. The van der Waals surface area contributed by atoms with Gasteiger partial charge in [0.2, 0.25) is 5.91 Å². The van der Waals surface area contributed by atoms with Crippen LogP contribution in [-0.4, -0.2) is 65.5 Å². The van der Waals surface area contributed by atoms with Crippen LogP contribution in [0.3, 0.4) is 0 Å². The lowest BCUT2D eigenvalue weighted by Crippen LogP contribution is -2.55. The first kappa shape index (κ1) is 18.5. The van der Waals surface area contributed by atoms with E-state index in [9.17, 15) is 4.79 Å². The van der Waals surface area contributed by atoms with Gasteiger partial charge in [0.25, 0.3) is 0 Å². The molecule has 27 heavy (non-hydrogen) atoms. The zero-order chi connectivity index (χ0) is 18.6. The van der Waals surface area contributed by atoms with Crippen LogP contribution in [0, 0.1) is 0 Å². The van der Waals surface area contributed by atoms with Crippen LogP contribution in [0.25, 0.3) is 10.9 Å². The summed E-state index contributed by atoms with van der Waals surface area (Å²) in [4.78, 5) is 20.9. The van der Waals surface area contributed by atoms with Gasteiger partial charge < -0.3 is 10.3 Å². The number of aromatic amines is 1. The van der Waals surface area contributed by atoms with Crippen LogP contribution < -0.4 is 5.32 Å². The van der Waals surface area contributed by atoms with Crippen molar-refractivity contribution in [1.29, 1.82) is 0 Å². The number of piperazine rings is 1. The molecule has 1 unspecified atom stereocenters. The molecule has 0 bridgehead atoms. The number of fused-ring (bicyclic) bond motifs is 1. The average molecular weight is 369 g/mol. The molecule has 1 aromatic carbocycles. The van der Waals surface area contributed by atoms with Crippen molar-refractivity contribution in [1.82, 2.24) is 20.1 Å². The lowest BCUT2D eigenvalue weighted by atomic mass is 10.1. The molecule has 146 valence electrons. The van der Waals surface area contributed by atoms with Crippen molar-refractivity contribution < 1.29 is 4.79 Å². The van der Waals surface area contributed by atoms with E-state index in [1.807, 2.05) is 13.0 Å². The number of rotatable bonds is 6. The lowest BCUT2D eigenvalue weighted by Gasteiger charge is -2.40. The van der Waals surface area contributed by atoms with Crippen molar-refractivity contribution in [2.75, 3.05) is 32.7 Å². The van der Waals surface area contributed by atoms with Crippen molar-refractivity contribution in [3.8, 4) is 0 Å². The van der Waals surface area contributed by atoms with E-state index in [4.69, 9.17) is 0 Å². The highest BCUT2D eigenvalue weighted by Crippen LogP contribution is 2.24. The molecular weight excluding hydrogens is 336 g/mol. The van der Waals surface area contributed by atoms with Crippen LogP contribution in [-0.2, 0) is 11.2 Å². The summed E-state index contributed by atoms with van der Waals surface area (Å²) < 4.78 is 0. The van der Waals surface area contributed by atoms with Crippen molar-refractivity contribution in [3.63, 3.8) is 0 Å². The molecule has 5 heteroatoms. The largest absolute Gasteiger partial charge is 0.361 e. The molecule has 1 saturated carbocycles. The maximum Gasteiger partial charge on any atom is 0.237 e. The number of carbonyl (C=O) groups excluding carboxylic acids is 1. The number of carbonyl (C=O) groups is 1. The molecule has 1 aliphatic heterocycles. The van der Waals surface area contributed by atoms with Gasteiger partial charge in [0.1, 0.15) is 0 Å². The molecule has 1 amide bonds. The Kier molecular flexibility index (Phi) is 5.79. The molecule has 2 fully saturated rings. The number of benzene rings is 1. The topological polar surface area (TPSA) is 51.4 Å². The molecule has 2 aromatic rings. The van der Waals surface area contributed by atoms with Gasteiger partial charge in [0.05, 0.1) is 6.04 Å². The highest BCUT2D eigenvalue weighted by Gasteiger charge is 2.29. The summed E-state index contributed by atoms with van der Waals surface area (Å²) in [5.74, 6) is 0.157. The maximum atomic E-state index is 12.6. The number of H-pyrrole nitrogens is 1. The van der Waals surface area contributed by atoms with E-state index in [1.54, 1.807) is 0 Å². The van der Waals surface area contributed by atoms with Crippen molar-refractivity contribution in [2.45, 2.75) is 51.1 Å². The third kappa shape index (κ3) is 4.19. The van der Waals surface area contributed by atoms with Gasteiger partial charge in [0.15, 0.2) is 0 Å². The van der Waals surface area contributed by atoms with Gasteiger partial charge in [-0.05, 0) is 37.8 Å². The number of hydrogen-bond donors (Lipinski definition) is 2. The number of aromatic nitrogens is 1. The SMILES string of the molecule is CC(C(=O)NCCc1c[nH]c2ccccc12)N1CCN(C2CCCC2)CC1. The van der Waals surface area contributed by atoms with Gasteiger partial charge in [-0.25, -0.2) is 0 Å². The molecule has 2 heterocycles. The van der Waals surface area contributed by atoms with Gasteiger partial charge in [-0.15, -0.1) is 0 Å². The summed E-state index contributed by atoms with van der Waals surface area (Å²) in [5.41, 5.74) is 2.43. The maximum absolute atomic E-state index is 12.6. The van der Waals surface area contributed by atoms with E-state index in [0.717, 1.165) is 44.2 Å². The number of nitrogens with zero attached hydrogens (tertiary/aromatic N) is 2. The fourth-order valence-corrected chi connectivity index (χ4v) is 4.73. The Hall–Kier alpha value is -1.85. The van der Waals surface area contributed by atoms with E-state index in [-0.39, 0.29) is 11.9 Å². The third-order valence-electron chi connectivity index (χ3n) is 6.49. The van der Waals surface area contributed by atoms with Gasteiger partial charge in [-0.1, -0.05) is 31.0 Å². The predicted octanol–water partition coefficient (Wildman–Crippen LogP) is 2.78. The summed E-state index contributed by atoms with van der Waals surface area (Å²) in [6.45, 7) is 6.97. The van der Waals surface area contributed by atoms with Crippen molar-refractivity contribution >= 4 is 16.8 Å². The van der Waals surface area contributed by atoms with Crippen LogP contribution in [0.5, 0.6) is 0 Å². The number of nitrogens with one attached hydrogen (secondary N) is 2. The van der Waals surface area contributed by atoms with Gasteiger partial charge in [0, 0.05) is 55.9 Å². The highest BCUT2D eigenvalue weighted by molar-refractivity contribution is 5.83. The minimum absolute atomic E-state index is 0.0429. The smallest absolute Gasteiger partial charge is 0.237 e. The van der Waals surface area contributed by atoms with E-state index in [2.05, 4.69) is 44.5 Å². The van der Waals surface area contributed by atoms with E-state index < -0.39 is 0 Å². The minimum atomic E-state index is -0.0429. The second kappa shape index (κ2) is 8.44. The first-order valence-electron chi connectivity index (χ1n) is 10.5. The molecule has 1 aliphatic carbocycles. The molecule has 0 radical (unpaired) electrons. The Bertz CT molecular complexity index is 757. The fourth-order valence-electron chi connectivity index (χ4n) is 4.73. The van der Waals surface area contributed by atoms with Crippen LogP contribution in [0.2, 0.25) is 0 Å². The summed E-state index contributed by atoms with van der Waals surface area (Å²) in [6.07, 6.45) is 8.43. The van der Waals surface area contributed by atoms with Crippen molar-refractivity contribution in [3.05, 3.63) is 36.0 Å². The average Bonchev–Trinajstić information content (AvgIpc) is 3.38. The summed E-state index contributed by atoms with van der Waals surface area (Å²) in [5, 5.41) is 4.39. The number of para-hydroxylation sites is 1. The zero-order valence-electron chi connectivity index (χ0n) is 16.4. The third-order valence-corrected chi connectivity index (χ3v) is 6.49. The molecule has 4 rings (SSSR count). The quantitative estimate of drug-likeness (QED) is 0.824. The normalized spacial score (nSPS) is 20.9. The summed E-state index contributed by atoms with van der Waals surface area (Å²) in [7, 11) is 0. The van der Waals surface area contributed by atoms with Crippen LogP contribution in [0.1, 0.15) is 38.2 Å². The van der Waals surface area contributed by atoms with E-state index in [1.165, 1.54) is 36.6 Å². The molecule has 1 aromatic heterocycles. The Morgan fingerprint density at radius 2 is 1.93 bits per heavy atom. The molecule has 1 saturated heterocycles. The van der Waals surface area contributed by atoms with E-state index >= 15 is 0 Å². The molecule has 0 spiro atoms. The second-order valence-corrected chi connectivity index (χ2v) is 8.09. The standard InChI is InChI=1S/C22H32N4O/c1-17(25-12-14-26(15-13-25)19-6-2-3-7-19)22(27)23-11-10-18-16-24-21-9-5-4-8-20(18)21/h4-5,8-9,16-17,19,24H,2-3,6-7,10-15H2,1H3,(H,23,27). The van der Waals surface area contributed by atoms with Crippen LogP contribution in [0.15, 0.2) is 30.5 Å². The molecule has 2 aliphatic rings. The minimum Gasteiger partial charge on any atom is -0.361 e. The number of hydrogen-bond acceptors (Lipinski definition) is 3. The second-order valence-electron chi connectivity index (χ2n) is 8.09. The Morgan fingerprint density at radius 1 is 1.19 bits per heavy atom. The first-order valence-corrected chi connectivity index (χ1v) is 10.5. The molecule has 2 N–H and O–H groups in total. The Morgan fingerprint density at radius 3 is 2.70 bits per heavy atom. The lowest BCUT2D eigenvalue weighted by molar-refractivity contribution is -0.126. The predicted molar refractivity (Wildman–Crippen MR) is 110 cm³/mol. The highest BCUT2D eigenvalue weighted by atomic mass is 16.2.